The quantitative estimate of drug-likeness (QED) is 0.380. The van der Waals surface area contributed by atoms with Crippen LogP contribution < -0.4 is 15.4 Å². The number of rotatable bonds is 3. The normalized spacial score (nSPS) is 10.6. The van der Waals surface area contributed by atoms with Crippen LogP contribution >= 0.6 is 12.2 Å². The van der Waals surface area contributed by atoms with Crippen LogP contribution in [0.2, 0.25) is 0 Å². The van der Waals surface area contributed by atoms with E-state index in [2.05, 4.69) is 10.1 Å². The zero-order chi connectivity index (χ0) is 20.4. The number of halogens is 4. The van der Waals surface area contributed by atoms with Crippen LogP contribution in [0.1, 0.15) is 10.4 Å². The fraction of sp³-hybridized carbons (Fsp3) is 0.0526. The number of hydrogen-bond acceptors (Lipinski definition) is 3. The molecule has 0 radical (unpaired) electrons. The van der Waals surface area contributed by atoms with E-state index in [0.29, 0.717) is 5.69 Å². The van der Waals surface area contributed by atoms with E-state index in [1.165, 1.54) is 0 Å². The SMILES string of the molecule is COc1c(F)c(F)c(C(=O)NC(=S)Nc2ccc3ccccc3c2)c(F)c1F. The summed E-state index contributed by atoms with van der Waals surface area (Å²) in [5.41, 5.74) is -0.949. The lowest BCUT2D eigenvalue weighted by Gasteiger charge is -2.13. The third kappa shape index (κ3) is 3.61. The number of hydrogen-bond donors (Lipinski definition) is 2. The van der Waals surface area contributed by atoms with Crippen LogP contribution in [0.5, 0.6) is 5.75 Å². The second-order valence-electron chi connectivity index (χ2n) is 5.63. The number of thiocarbonyl (C=S) groups is 1. The van der Waals surface area contributed by atoms with Gasteiger partial charge >= 0.3 is 0 Å². The third-order valence-corrected chi connectivity index (χ3v) is 4.09. The topological polar surface area (TPSA) is 50.4 Å². The summed E-state index contributed by atoms with van der Waals surface area (Å²) in [6, 6.07) is 12.7. The van der Waals surface area contributed by atoms with Crippen molar-refractivity contribution in [2.75, 3.05) is 12.4 Å². The number of methoxy groups -OCH3 is 1. The zero-order valence-corrected chi connectivity index (χ0v) is 15.1. The van der Waals surface area contributed by atoms with Gasteiger partial charge < -0.3 is 10.1 Å². The number of amides is 1. The van der Waals surface area contributed by atoms with E-state index in [4.69, 9.17) is 12.2 Å². The van der Waals surface area contributed by atoms with E-state index in [-0.39, 0.29) is 5.11 Å². The first-order valence-corrected chi connectivity index (χ1v) is 8.25. The molecule has 0 atom stereocenters. The maximum absolute atomic E-state index is 14.0. The Bertz CT molecular complexity index is 1080. The van der Waals surface area contributed by atoms with Gasteiger partial charge in [0, 0.05) is 5.69 Å². The molecule has 3 aromatic rings. The first-order valence-electron chi connectivity index (χ1n) is 7.84. The molecule has 0 saturated heterocycles. The largest absolute Gasteiger partial charge is 0.491 e. The predicted molar refractivity (Wildman–Crippen MR) is 100 cm³/mol. The van der Waals surface area contributed by atoms with E-state index < -0.39 is 40.5 Å². The van der Waals surface area contributed by atoms with E-state index in [1.54, 1.807) is 18.2 Å². The fourth-order valence-electron chi connectivity index (χ4n) is 2.59. The highest BCUT2D eigenvalue weighted by Crippen LogP contribution is 2.29. The minimum atomic E-state index is -1.89. The lowest BCUT2D eigenvalue weighted by atomic mass is 10.1. The molecule has 4 nitrogen and oxygen atoms in total. The van der Waals surface area contributed by atoms with Gasteiger partial charge in [-0.2, -0.15) is 8.78 Å². The molecule has 9 heteroatoms. The molecule has 0 unspecified atom stereocenters. The minimum Gasteiger partial charge on any atom is -0.491 e. The van der Waals surface area contributed by atoms with Crippen molar-refractivity contribution in [1.82, 2.24) is 5.32 Å². The summed E-state index contributed by atoms with van der Waals surface area (Å²) >= 11 is 4.94. The van der Waals surface area contributed by atoms with Crippen molar-refractivity contribution in [3.8, 4) is 5.75 Å². The van der Waals surface area contributed by atoms with Crippen LogP contribution in [0, 0.1) is 23.3 Å². The Morgan fingerprint density at radius 1 is 0.929 bits per heavy atom. The highest BCUT2D eigenvalue weighted by molar-refractivity contribution is 7.80. The van der Waals surface area contributed by atoms with Crippen molar-refractivity contribution < 1.29 is 27.1 Å². The summed E-state index contributed by atoms with van der Waals surface area (Å²) in [5.74, 6) is -10.1. The van der Waals surface area contributed by atoms with Crippen LogP contribution in [-0.4, -0.2) is 18.1 Å². The van der Waals surface area contributed by atoms with E-state index in [1.807, 2.05) is 29.6 Å². The molecule has 0 fully saturated rings. The zero-order valence-electron chi connectivity index (χ0n) is 14.3. The summed E-state index contributed by atoms with van der Waals surface area (Å²) < 4.78 is 59.8. The maximum atomic E-state index is 14.0. The Hall–Kier alpha value is -3.20. The number of nitrogens with one attached hydrogen (secondary N) is 2. The van der Waals surface area contributed by atoms with Crippen molar-refractivity contribution in [2.45, 2.75) is 0 Å². The molecule has 3 aromatic carbocycles. The molecule has 0 saturated carbocycles. The van der Waals surface area contributed by atoms with Gasteiger partial charge in [-0.15, -0.1) is 0 Å². The lowest BCUT2D eigenvalue weighted by Crippen LogP contribution is -2.35. The summed E-state index contributed by atoms with van der Waals surface area (Å²) in [4.78, 5) is 12.1. The van der Waals surface area contributed by atoms with Crippen LogP contribution in [0.3, 0.4) is 0 Å². The highest BCUT2D eigenvalue weighted by Gasteiger charge is 2.30. The van der Waals surface area contributed by atoms with Gasteiger partial charge in [-0.05, 0) is 35.1 Å². The Balaban J connectivity index is 1.81. The molecule has 144 valence electrons. The van der Waals surface area contributed by atoms with Gasteiger partial charge in [0.1, 0.15) is 5.56 Å². The molecule has 3 rings (SSSR count). The van der Waals surface area contributed by atoms with Gasteiger partial charge in [-0.1, -0.05) is 30.3 Å². The molecule has 0 bridgehead atoms. The first-order chi connectivity index (χ1) is 13.3. The number of anilines is 1. The maximum Gasteiger partial charge on any atom is 0.263 e. The summed E-state index contributed by atoms with van der Waals surface area (Å²) in [6.45, 7) is 0. The Morgan fingerprint density at radius 2 is 1.54 bits per heavy atom. The van der Waals surface area contributed by atoms with Gasteiger partial charge in [0.05, 0.1) is 7.11 Å². The van der Waals surface area contributed by atoms with E-state index >= 15 is 0 Å². The summed E-state index contributed by atoms with van der Waals surface area (Å²) in [7, 11) is 0.836. The second-order valence-corrected chi connectivity index (χ2v) is 6.04. The smallest absolute Gasteiger partial charge is 0.263 e. The molecule has 28 heavy (non-hydrogen) atoms. The molecule has 0 spiro atoms. The second kappa shape index (κ2) is 7.81. The van der Waals surface area contributed by atoms with Crippen LogP contribution in [0.4, 0.5) is 23.2 Å². The van der Waals surface area contributed by atoms with Gasteiger partial charge in [-0.25, -0.2) is 8.78 Å². The van der Waals surface area contributed by atoms with Crippen molar-refractivity contribution in [3.63, 3.8) is 0 Å². The van der Waals surface area contributed by atoms with Crippen molar-refractivity contribution in [3.05, 3.63) is 71.3 Å². The van der Waals surface area contributed by atoms with Gasteiger partial charge in [0.15, 0.2) is 22.5 Å². The van der Waals surface area contributed by atoms with Crippen molar-refractivity contribution in [1.29, 1.82) is 0 Å². The monoisotopic (exact) mass is 408 g/mol. The number of fused-ring (bicyclic) bond motifs is 1. The van der Waals surface area contributed by atoms with Crippen LogP contribution in [0.15, 0.2) is 42.5 Å². The van der Waals surface area contributed by atoms with Crippen LogP contribution in [0.25, 0.3) is 10.8 Å². The molecule has 2 N–H and O–H groups in total. The fourth-order valence-corrected chi connectivity index (χ4v) is 2.80. The molecule has 0 heterocycles. The van der Waals surface area contributed by atoms with Crippen LogP contribution in [-0.2, 0) is 0 Å². The van der Waals surface area contributed by atoms with Gasteiger partial charge in [-0.3, -0.25) is 10.1 Å². The molecular weight excluding hydrogens is 396 g/mol. The average molecular weight is 408 g/mol. The van der Waals surface area contributed by atoms with Gasteiger partial charge in [0.25, 0.3) is 5.91 Å². The third-order valence-electron chi connectivity index (χ3n) is 3.89. The average Bonchev–Trinajstić information content (AvgIpc) is 2.67. The summed E-state index contributed by atoms with van der Waals surface area (Å²) in [5, 5.41) is 6.21. The number of carbonyl (C=O) groups excluding carboxylic acids is 1. The van der Waals surface area contributed by atoms with Crippen molar-refractivity contribution in [2.24, 2.45) is 0 Å². The predicted octanol–water partition coefficient (Wildman–Crippen LogP) is 4.53. The molecule has 0 aliphatic heterocycles. The number of carbonyl (C=O) groups is 1. The Labute approximate surface area is 162 Å². The number of benzene rings is 3. The standard InChI is InChI=1S/C19H12F4N2O2S/c1-27-17-15(22)13(20)12(14(21)16(17)23)18(26)25-19(28)24-11-7-6-9-4-2-3-5-10(9)8-11/h2-8H,1H3,(H2,24,25,26,28). The minimum absolute atomic E-state index is 0.310. The molecule has 0 aliphatic rings. The Kier molecular flexibility index (Phi) is 5.46. The molecule has 0 aliphatic carbocycles. The molecular formula is C19H12F4N2O2S. The molecule has 1 amide bonds. The lowest BCUT2D eigenvalue weighted by molar-refractivity contribution is 0.0966. The van der Waals surface area contributed by atoms with Crippen molar-refractivity contribution >= 4 is 39.7 Å². The van der Waals surface area contributed by atoms with E-state index in [0.717, 1.165) is 17.9 Å². The summed E-state index contributed by atoms with van der Waals surface area (Å²) in [6.07, 6.45) is 0. The van der Waals surface area contributed by atoms with Gasteiger partial charge in [0.2, 0.25) is 11.6 Å². The number of ether oxygens (including phenoxy) is 1. The molecule has 0 aromatic heterocycles. The van der Waals surface area contributed by atoms with E-state index in [9.17, 15) is 22.4 Å². The highest BCUT2D eigenvalue weighted by atomic mass is 32.1. The Morgan fingerprint density at radius 3 is 2.14 bits per heavy atom. The first kappa shape index (κ1) is 19.6.